The molecule has 0 aliphatic carbocycles. The smallest absolute Gasteiger partial charge is 0.277 e. The van der Waals surface area contributed by atoms with Crippen molar-refractivity contribution < 1.29 is 23.5 Å². The summed E-state index contributed by atoms with van der Waals surface area (Å²) in [5.74, 6) is -3.59. The van der Waals surface area contributed by atoms with Crippen LogP contribution in [-0.2, 0) is 13.1 Å². The number of nitrogens with one attached hydrogen (secondary N) is 1. The summed E-state index contributed by atoms with van der Waals surface area (Å²) < 4.78 is 28.1. The second-order valence-corrected chi connectivity index (χ2v) is 7.34. The molecule has 0 saturated carbocycles. The summed E-state index contributed by atoms with van der Waals surface area (Å²) in [5.41, 5.74) is -1.40. The number of halogens is 2. The van der Waals surface area contributed by atoms with Gasteiger partial charge in [0.2, 0.25) is 5.43 Å². The average Bonchev–Trinajstić information content (AvgIpc) is 2.65. The third-order valence-electron chi connectivity index (χ3n) is 5.81. The van der Waals surface area contributed by atoms with E-state index in [1.807, 2.05) is 0 Å². The molecule has 3 aliphatic heterocycles. The molecule has 150 valence electrons. The van der Waals surface area contributed by atoms with E-state index < -0.39 is 34.6 Å². The number of aromatic nitrogens is 1. The zero-order valence-corrected chi connectivity index (χ0v) is 15.1. The molecule has 1 aromatic heterocycles. The van der Waals surface area contributed by atoms with Gasteiger partial charge in [-0.3, -0.25) is 19.3 Å². The molecule has 8 nitrogen and oxygen atoms in total. The lowest BCUT2D eigenvalue weighted by atomic mass is 9.95. The SMILES string of the molecule is O=C(NCc1ccc(F)cc1F)c1cn2c(c(O)c1=O)C(=O)N1C(C2)N2CC[C@@H]21. The fraction of sp³-hybridized carbons (Fsp3) is 0.316. The molecule has 1 aromatic carbocycles. The summed E-state index contributed by atoms with van der Waals surface area (Å²) in [6, 6.07) is 2.94. The fourth-order valence-electron chi connectivity index (χ4n) is 4.21. The zero-order chi connectivity index (χ0) is 20.4. The fourth-order valence-corrected chi connectivity index (χ4v) is 4.21. The lowest BCUT2D eigenvalue weighted by Crippen LogP contribution is -2.81. The number of carbonyl (C=O) groups excluding carboxylic acids is 2. The highest BCUT2D eigenvalue weighted by Gasteiger charge is 2.56. The van der Waals surface area contributed by atoms with Gasteiger partial charge in [0.1, 0.15) is 23.4 Å². The first-order chi connectivity index (χ1) is 13.9. The monoisotopic (exact) mass is 402 g/mol. The number of rotatable bonds is 3. The second-order valence-electron chi connectivity index (χ2n) is 7.34. The number of hydrogen-bond donors (Lipinski definition) is 2. The Kier molecular flexibility index (Phi) is 3.75. The summed E-state index contributed by atoms with van der Waals surface area (Å²) in [6.45, 7) is 0.938. The third-order valence-corrected chi connectivity index (χ3v) is 5.81. The van der Waals surface area contributed by atoms with Crippen LogP contribution in [-0.4, -0.2) is 50.2 Å². The van der Waals surface area contributed by atoms with Crippen LogP contribution in [0.2, 0.25) is 0 Å². The van der Waals surface area contributed by atoms with E-state index in [0.29, 0.717) is 12.6 Å². The Morgan fingerprint density at radius 3 is 2.72 bits per heavy atom. The minimum absolute atomic E-state index is 0.0179. The zero-order valence-electron chi connectivity index (χ0n) is 15.1. The molecule has 1 unspecified atom stereocenters. The van der Waals surface area contributed by atoms with Gasteiger partial charge in [0, 0.05) is 30.9 Å². The van der Waals surface area contributed by atoms with Crippen molar-refractivity contribution in [1.82, 2.24) is 19.7 Å². The summed E-state index contributed by atoms with van der Waals surface area (Å²) in [7, 11) is 0. The van der Waals surface area contributed by atoms with Gasteiger partial charge < -0.3 is 19.9 Å². The van der Waals surface area contributed by atoms with Crippen LogP contribution in [0.4, 0.5) is 8.78 Å². The largest absolute Gasteiger partial charge is 0.503 e. The first kappa shape index (κ1) is 17.8. The predicted octanol–water partition coefficient (Wildman–Crippen LogP) is 0.589. The third kappa shape index (κ3) is 2.48. The summed E-state index contributed by atoms with van der Waals surface area (Å²) >= 11 is 0. The van der Waals surface area contributed by atoms with Crippen LogP contribution < -0.4 is 10.7 Å². The summed E-state index contributed by atoms with van der Waals surface area (Å²) in [4.78, 5) is 41.5. The molecule has 2 saturated heterocycles. The molecule has 2 amide bonds. The van der Waals surface area contributed by atoms with Crippen LogP contribution >= 0.6 is 0 Å². The molecule has 2 fully saturated rings. The molecule has 2 aromatic rings. The van der Waals surface area contributed by atoms with E-state index in [4.69, 9.17) is 0 Å². The molecule has 0 bridgehead atoms. The Morgan fingerprint density at radius 1 is 1.24 bits per heavy atom. The van der Waals surface area contributed by atoms with Gasteiger partial charge in [-0.1, -0.05) is 6.07 Å². The van der Waals surface area contributed by atoms with Gasteiger partial charge in [-0.2, -0.15) is 0 Å². The van der Waals surface area contributed by atoms with Crippen molar-refractivity contribution in [2.24, 2.45) is 0 Å². The number of aromatic hydroxyl groups is 1. The first-order valence-electron chi connectivity index (χ1n) is 9.13. The number of nitrogens with zero attached hydrogens (tertiary/aromatic N) is 3. The normalized spacial score (nSPS) is 22.1. The van der Waals surface area contributed by atoms with Gasteiger partial charge in [-0.15, -0.1) is 0 Å². The van der Waals surface area contributed by atoms with Crippen LogP contribution in [0, 0.1) is 11.6 Å². The van der Waals surface area contributed by atoms with Crippen LogP contribution in [0.5, 0.6) is 5.75 Å². The van der Waals surface area contributed by atoms with E-state index in [1.165, 1.54) is 16.8 Å². The Balaban J connectivity index is 1.42. The van der Waals surface area contributed by atoms with Crippen molar-refractivity contribution in [2.75, 3.05) is 6.54 Å². The van der Waals surface area contributed by atoms with Crippen LogP contribution in [0.3, 0.4) is 0 Å². The lowest BCUT2D eigenvalue weighted by molar-refractivity contribution is -0.213. The molecule has 29 heavy (non-hydrogen) atoms. The van der Waals surface area contributed by atoms with Gasteiger partial charge in [0.15, 0.2) is 11.4 Å². The Bertz CT molecular complexity index is 1130. The highest BCUT2D eigenvalue weighted by molar-refractivity contribution is 5.99. The minimum atomic E-state index is -0.967. The number of benzene rings is 1. The lowest BCUT2D eigenvalue weighted by Gasteiger charge is -2.65. The molecule has 2 N–H and O–H groups in total. The minimum Gasteiger partial charge on any atom is -0.503 e. The Hall–Kier alpha value is -3.27. The van der Waals surface area contributed by atoms with Gasteiger partial charge in [-0.25, -0.2) is 8.78 Å². The van der Waals surface area contributed by atoms with Gasteiger partial charge in [0.05, 0.1) is 12.7 Å². The van der Waals surface area contributed by atoms with E-state index >= 15 is 0 Å². The number of pyridine rings is 1. The van der Waals surface area contributed by atoms with E-state index in [-0.39, 0.29) is 35.7 Å². The van der Waals surface area contributed by atoms with E-state index in [1.54, 1.807) is 4.90 Å². The molecular formula is C19H16F2N4O4. The molecule has 10 heteroatoms. The van der Waals surface area contributed by atoms with Gasteiger partial charge in [0.25, 0.3) is 11.8 Å². The van der Waals surface area contributed by atoms with Crippen LogP contribution in [0.1, 0.15) is 32.8 Å². The first-order valence-corrected chi connectivity index (χ1v) is 9.13. The van der Waals surface area contributed by atoms with Gasteiger partial charge >= 0.3 is 0 Å². The summed E-state index contributed by atoms with van der Waals surface area (Å²) in [5, 5.41) is 12.7. The quantitative estimate of drug-likeness (QED) is 0.784. The second kappa shape index (κ2) is 6.11. The van der Waals surface area contributed by atoms with E-state index in [9.17, 15) is 28.3 Å². The standard InChI is InChI=1S/C19H16F2N4O4/c20-10-2-1-9(12(21)5-10)6-22-18(28)11-7-23-8-14-24-4-3-13(24)25(14)19(29)15(23)17(27)16(11)26/h1-2,5,7,13-14,27H,3-4,6,8H2,(H,22,28)/t13-,14?/m0/s1. The maximum Gasteiger partial charge on any atom is 0.277 e. The number of hydrogen-bond acceptors (Lipinski definition) is 5. The molecular weight excluding hydrogens is 386 g/mol. The number of amides is 2. The maximum atomic E-state index is 13.7. The topological polar surface area (TPSA) is 94.9 Å². The molecule has 0 spiro atoms. The molecule has 4 heterocycles. The van der Waals surface area contributed by atoms with E-state index in [2.05, 4.69) is 10.2 Å². The Labute approximate surface area is 162 Å². The Morgan fingerprint density at radius 2 is 2.03 bits per heavy atom. The van der Waals surface area contributed by atoms with Crippen molar-refractivity contribution >= 4 is 11.8 Å². The van der Waals surface area contributed by atoms with Gasteiger partial charge in [-0.05, 0) is 12.5 Å². The highest BCUT2D eigenvalue weighted by Crippen LogP contribution is 2.41. The molecule has 2 atom stereocenters. The van der Waals surface area contributed by atoms with E-state index in [0.717, 1.165) is 19.0 Å². The van der Waals surface area contributed by atoms with Crippen molar-refractivity contribution in [3.63, 3.8) is 0 Å². The van der Waals surface area contributed by atoms with Crippen LogP contribution in [0.25, 0.3) is 0 Å². The van der Waals surface area contributed by atoms with Crippen molar-refractivity contribution in [3.8, 4) is 5.75 Å². The van der Waals surface area contributed by atoms with Crippen LogP contribution in [0.15, 0.2) is 29.2 Å². The number of carbonyl (C=O) groups is 2. The maximum absolute atomic E-state index is 13.7. The number of fused-ring (bicyclic) bond motifs is 5. The van der Waals surface area contributed by atoms with Crippen molar-refractivity contribution in [3.05, 3.63) is 63.1 Å². The van der Waals surface area contributed by atoms with Crippen molar-refractivity contribution in [1.29, 1.82) is 0 Å². The molecule has 5 rings (SSSR count). The predicted molar refractivity (Wildman–Crippen MR) is 95.0 cm³/mol. The van der Waals surface area contributed by atoms with Crippen molar-refractivity contribution in [2.45, 2.75) is 31.8 Å². The molecule has 0 radical (unpaired) electrons. The highest BCUT2D eigenvalue weighted by atomic mass is 19.1. The average molecular weight is 402 g/mol. The summed E-state index contributed by atoms with van der Waals surface area (Å²) in [6.07, 6.45) is 1.97. The molecule has 3 aliphatic rings.